The van der Waals surface area contributed by atoms with Gasteiger partial charge in [-0.05, 0) is 18.2 Å². The second-order valence-electron chi connectivity index (χ2n) is 3.29. The van der Waals surface area contributed by atoms with Gasteiger partial charge in [-0.15, -0.1) is 0 Å². The van der Waals surface area contributed by atoms with Crippen LogP contribution in [-0.2, 0) is 4.65 Å². The van der Waals surface area contributed by atoms with E-state index in [1.165, 1.54) is 5.46 Å². The van der Waals surface area contributed by atoms with Crippen molar-refractivity contribution in [3.8, 4) is 0 Å². The van der Waals surface area contributed by atoms with E-state index >= 15 is 0 Å². The largest absolute Gasteiger partial charge is 0.431 e. The number of hydrogen-bond acceptors (Lipinski definition) is 2. The van der Waals surface area contributed by atoms with Crippen LogP contribution in [0.5, 0.6) is 0 Å². The maximum Gasteiger partial charge on any atom is 0.326 e. The number of carbonyl (C=O) groups is 1. The van der Waals surface area contributed by atoms with E-state index in [-0.39, 0.29) is 6.92 Å². The molecular formula is C10H11BO2. The van der Waals surface area contributed by atoms with Crippen molar-refractivity contribution in [2.24, 2.45) is 0 Å². The van der Waals surface area contributed by atoms with Gasteiger partial charge in [-0.25, -0.2) is 0 Å². The third kappa shape index (κ3) is 1.81. The van der Waals surface area contributed by atoms with E-state index in [2.05, 4.69) is 0 Å². The Morgan fingerprint density at radius 2 is 2.08 bits per heavy atom. The monoisotopic (exact) mass is 174 g/mol. The molecule has 3 heteroatoms. The van der Waals surface area contributed by atoms with Crippen LogP contribution in [0.4, 0.5) is 0 Å². The van der Waals surface area contributed by atoms with Gasteiger partial charge in [-0.3, -0.25) is 4.79 Å². The van der Waals surface area contributed by atoms with E-state index in [0.29, 0.717) is 0 Å². The Labute approximate surface area is 78.0 Å². The first kappa shape index (κ1) is 8.51. The van der Waals surface area contributed by atoms with E-state index < -0.39 is 0 Å². The summed E-state index contributed by atoms with van der Waals surface area (Å²) in [5.41, 5.74) is 1.91. The van der Waals surface area contributed by atoms with Crippen LogP contribution in [0.1, 0.15) is 16.8 Å². The number of carbonyl (C=O) groups excluding carboxylic acids is 1. The standard InChI is InChI=1S/C10H11BO2/c12-8-9-2-4-10(5-3-9)11-6-1-7-13-11/h2-5,8H,1,6-7H2. The smallest absolute Gasteiger partial charge is 0.326 e. The lowest BCUT2D eigenvalue weighted by Gasteiger charge is -2.04. The van der Waals surface area contributed by atoms with Gasteiger partial charge in [0.25, 0.3) is 0 Å². The first-order valence-corrected chi connectivity index (χ1v) is 4.57. The van der Waals surface area contributed by atoms with E-state index in [1.807, 2.05) is 24.3 Å². The quantitative estimate of drug-likeness (QED) is 0.496. The molecule has 66 valence electrons. The Bertz CT molecular complexity index is 288. The molecule has 1 fully saturated rings. The van der Waals surface area contributed by atoms with Gasteiger partial charge < -0.3 is 4.65 Å². The Hall–Kier alpha value is -1.09. The van der Waals surface area contributed by atoms with Crippen LogP contribution in [0.3, 0.4) is 0 Å². The van der Waals surface area contributed by atoms with Crippen LogP contribution in [0.15, 0.2) is 24.3 Å². The minimum Gasteiger partial charge on any atom is -0.431 e. The highest BCUT2D eigenvalue weighted by atomic mass is 16.4. The topological polar surface area (TPSA) is 26.3 Å². The minimum atomic E-state index is 0.251. The lowest BCUT2D eigenvalue weighted by molar-refractivity contribution is 0.112. The predicted octanol–water partition coefficient (Wildman–Crippen LogP) is 1.12. The summed E-state index contributed by atoms with van der Waals surface area (Å²) in [4.78, 5) is 10.4. The Morgan fingerprint density at radius 3 is 2.62 bits per heavy atom. The zero-order valence-corrected chi connectivity index (χ0v) is 7.40. The van der Waals surface area contributed by atoms with Gasteiger partial charge in [-0.2, -0.15) is 0 Å². The molecule has 0 atom stereocenters. The van der Waals surface area contributed by atoms with E-state index in [9.17, 15) is 4.79 Å². The van der Waals surface area contributed by atoms with Gasteiger partial charge in [-0.1, -0.05) is 24.3 Å². The second-order valence-corrected chi connectivity index (χ2v) is 3.29. The number of aldehydes is 1. The molecule has 1 aromatic rings. The summed E-state index contributed by atoms with van der Waals surface area (Å²) in [7, 11) is 0. The summed E-state index contributed by atoms with van der Waals surface area (Å²) in [6, 6.07) is 7.62. The summed E-state index contributed by atoms with van der Waals surface area (Å²) >= 11 is 0. The van der Waals surface area contributed by atoms with Crippen molar-refractivity contribution >= 4 is 18.7 Å². The molecule has 2 rings (SSSR count). The van der Waals surface area contributed by atoms with Crippen molar-refractivity contribution in [3.05, 3.63) is 29.8 Å². The van der Waals surface area contributed by atoms with Gasteiger partial charge in [0, 0.05) is 12.2 Å². The SMILES string of the molecule is O=Cc1ccc(B2CCCO2)cc1. The van der Waals surface area contributed by atoms with Gasteiger partial charge in [0.2, 0.25) is 0 Å². The number of rotatable bonds is 2. The van der Waals surface area contributed by atoms with Gasteiger partial charge in [0.1, 0.15) is 6.29 Å². The van der Waals surface area contributed by atoms with Crippen molar-refractivity contribution in [1.82, 2.24) is 0 Å². The third-order valence-corrected chi connectivity index (χ3v) is 2.37. The van der Waals surface area contributed by atoms with Crippen molar-refractivity contribution in [2.45, 2.75) is 12.7 Å². The van der Waals surface area contributed by atoms with Crippen LogP contribution in [0.2, 0.25) is 6.32 Å². The fourth-order valence-electron chi connectivity index (χ4n) is 1.63. The highest BCUT2D eigenvalue weighted by Crippen LogP contribution is 2.09. The molecule has 0 bridgehead atoms. The fourth-order valence-corrected chi connectivity index (χ4v) is 1.63. The molecule has 1 aromatic carbocycles. The molecule has 0 N–H and O–H groups in total. The molecule has 0 aromatic heterocycles. The highest BCUT2D eigenvalue weighted by molar-refractivity contribution is 6.67. The lowest BCUT2D eigenvalue weighted by atomic mass is 9.59. The molecule has 1 heterocycles. The van der Waals surface area contributed by atoms with Crippen LogP contribution in [0, 0.1) is 0 Å². The summed E-state index contributed by atoms with van der Waals surface area (Å²) < 4.78 is 5.52. The van der Waals surface area contributed by atoms with E-state index in [1.54, 1.807) is 0 Å². The molecule has 0 aliphatic carbocycles. The molecule has 2 nitrogen and oxygen atoms in total. The lowest BCUT2D eigenvalue weighted by Crippen LogP contribution is -2.28. The van der Waals surface area contributed by atoms with Crippen LogP contribution in [-0.4, -0.2) is 19.8 Å². The van der Waals surface area contributed by atoms with Crippen molar-refractivity contribution in [1.29, 1.82) is 0 Å². The highest BCUT2D eigenvalue weighted by Gasteiger charge is 2.22. The minimum absolute atomic E-state index is 0.251. The summed E-state index contributed by atoms with van der Waals surface area (Å²) in [5, 5.41) is 0. The van der Waals surface area contributed by atoms with Crippen molar-refractivity contribution in [2.75, 3.05) is 6.61 Å². The first-order valence-electron chi connectivity index (χ1n) is 4.57. The normalized spacial score (nSPS) is 16.2. The molecule has 1 aliphatic rings. The number of benzene rings is 1. The molecule has 1 aliphatic heterocycles. The Morgan fingerprint density at radius 1 is 1.31 bits per heavy atom. The average molecular weight is 174 g/mol. The van der Waals surface area contributed by atoms with Crippen LogP contribution < -0.4 is 5.46 Å². The zero-order valence-electron chi connectivity index (χ0n) is 7.40. The maximum absolute atomic E-state index is 10.4. The molecule has 0 radical (unpaired) electrons. The number of hydrogen-bond donors (Lipinski definition) is 0. The van der Waals surface area contributed by atoms with Gasteiger partial charge >= 0.3 is 6.92 Å². The zero-order chi connectivity index (χ0) is 9.10. The van der Waals surface area contributed by atoms with Crippen molar-refractivity contribution < 1.29 is 9.45 Å². The Kier molecular flexibility index (Phi) is 2.46. The van der Waals surface area contributed by atoms with Gasteiger partial charge in [0.15, 0.2) is 0 Å². The summed E-state index contributed by atoms with van der Waals surface area (Å²) in [5.74, 6) is 0. The molecule has 0 unspecified atom stereocenters. The Balaban J connectivity index is 2.16. The first-order chi connectivity index (χ1) is 6.40. The second kappa shape index (κ2) is 3.75. The van der Waals surface area contributed by atoms with E-state index in [4.69, 9.17) is 4.65 Å². The van der Waals surface area contributed by atoms with Crippen LogP contribution in [0.25, 0.3) is 0 Å². The van der Waals surface area contributed by atoms with Gasteiger partial charge in [0.05, 0.1) is 0 Å². The molecule has 0 amide bonds. The molecule has 13 heavy (non-hydrogen) atoms. The predicted molar refractivity (Wildman–Crippen MR) is 52.6 cm³/mol. The molecule has 0 spiro atoms. The third-order valence-electron chi connectivity index (χ3n) is 2.37. The molecule has 1 saturated heterocycles. The van der Waals surface area contributed by atoms with E-state index in [0.717, 1.165) is 31.2 Å². The van der Waals surface area contributed by atoms with Crippen molar-refractivity contribution in [3.63, 3.8) is 0 Å². The summed E-state index contributed by atoms with van der Waals surface area (Å²) in [6.45, 7) is 1.11. The summed E-state index contributed by atoms with van der Waals surface area (Å²) in [6.07, 6.45) is 3.10. The van der Waals surface area contributed by atoms with Crippen LogP contribution >= 0.6 is 0 Å². The molecular weight excluding hydrogens is 163 g/mol. The average Bonchev–Trinajstić information content (AvgIpc) is 2.71. The molecule has 0 saturated carbocycles. The maximum atomic E-state index is 10.4. The fraction of sp³-hybridized carbons (Fsp3) is 0.300.